The van der Waals surface area contributed by atoms with Gasteiger partial charge in [0.15, 0.2) is 0 Å². The number of benzene rings is 1. The standard InChI is InChI=1S/C23H31N5O3/c1-15(24)21-18(25)5-4-6-19(21)31-14-23(2,3)28-22(29)16-7-10-26-20(13-16)27-17-8-11-30-12-9-17/h4-7,10,13,17H,1,8-9,11-12,14,24-25H2,2-3H3,(H,26,27)(H,28,29). The molecule has 1 aromatic carbocycles. The van der Waals surface area contributed by atoms with E-state index in [1.165, 1.54) is 0 Å². The number of nitrogens with zero attached hydrogens (tertiary/aromatic N) is 1. The van der Waals surface area contributed by atoms with E-state index in [4.69, 9.17) is 20.9 Å². The molecular weight excluding hydrogens is 394 g/mol. The quantitative estimate of drug-likeness (QED) is 0.479. The number of nitrogen functional groups attached to an aromatic ring is 1. The number of amides is 1. The maximum atomic E-state index is 12.8. The second-order valence-electron chi connectivity index (χ2n) is 8.33. The zero-order chi connectivity index (χ0) is 22.4. The predicted molar refractivity (Wildman–Crippen MR) is 123 cm³/mol. The first-order chi connectivity index (χ1) is 14.7. The third kappa shape index (κ3) is 6.11. The van der Waals surface area contributed by atoms with Crippen molar-refractivity contribution in [1.29, 1.82) is 0 Å². The Morgan fingerprint density at radius 1 is 1.32 bits per heavy atom. The Hall–Kier alpha value is -3.26. The average molecular weight is 426 g/mol. The maximum absolute atomic E-state index is 12.8. The fourth-order valence-corrected chi connectivity index (χ4v) is 3.39. The molecule has 0 bridgehead atoms. The lowest BCUT2D eigenvalue weighted by Crippen LogP contribution is -2.48. The largest absolute Gasteiger partial charge is 0.490 e. The minimum absolute atomic E-state index is 0.206. The van der Waals surface area contributed by atoms with Crippen molar-refractivity contribution in [2.24, 2.45) is 5.73 Å². The van der Waals surface area contributed by atoms with E-state index in [-0.39, 0.29) is 12.5 Å². The van der Waals surface area contributed by atoms with E-state index in [0.29, 0.717) is 40.1 Å². The summed E-state index contributed by atoms with van der Waals surface area (Å²) in [6.07, 6.45) is 3.47. The third-order valence-electron chi connectivity index (χ3n) is 5.02. The molecule has 6 N–H and O–H groups in total. The topological polar surface area (TPSA) is 125 Å². The number of carbonyl (C=O) groups excluding carboxylic acids is 1. The SMILES string of the molecule is C=C(N)c1c(N)cccc1OCC(C)(C)NC(=O)c1ccnc(NC2CCOCC2)c1. The minimum Gasteiger partial charge on any atom is -0.490 e. The summed E-state index contributed by atoms with van der Waals surface area (Å²) in [4.78, 5) is 17.2. The van der Waals surface area contributed by atoms with Crippen molar-refractivity contribution in [3.8, 4) is 5.75 Å². The fraction of sp³-hybridized carbons (Fsp3) is 0.391. The highest BCUT2D eigenvalue weighted by Crippen LogP contribution is 2.29. The van der Waals surface area contributed by atoms with Crippen molar-refractivity contribution in [1.82, 2.24) is 10.3 Å². The van der Waals surface area contributed by atoms with Gasteiger partial charge < -0.3 is 31.6 Å². The summed E-state index contributed by atoms with van der Waals surface area (Å²) in [6, 6.07) is 9.05. The molecule has 0 atom stereocenters. The molecule has 2 heterocycles. The van der Waals surface area contributed by atoms with Gasteiger partial charge >= 0.3 is 0 Å². The predicted octanol–water partition coefficient (Wildman–Crippen LogP) is 2.77. The summed E-state index contributed by atoms with van der Waals surface area (Å²) in [7, 11) is 0. The number of nitrogens with two attached hydrogens (primary N) is 2. The van der Waals surface area contributed by atoms with Crippen LogP contribution in [0.5, 0.6) is 5.75 Å². The first-order valence-corrected chi connectivity index (χ1v) is 10.3. The van der Waals surface area contributed by atoms with Crippen LogP contribution in [0.4, 0.5) is 11.5 Å². The summed E-state index contributed by atoms with van der Waals surface area (Å²) >= 11 is 0. The van der Waals surface area contributed by atoms with Crippen LogP contribution in [0.15, 0.2) is 43.1 Å². The molecule has 1 aliphatic rings. The van der Waals surface area contributed by atoms with Gasteiger partial charge in [-0.2, -0.15) is 0 Å². The Balaban J connectivity index is 1.62. The molecule has 1 aromatic heterocycles. The van der Waals surface area contributed by atoms with Gasteiger partial charge in [-0.15, -0.1) is 0 Å². The van der Waals surface area contributed by atoms with E-state index in [1.54, 1.807) is 36.5 Å². The average Bonchev–Trinajstić information content (AvgIpc) is 2.72. The summed E-state index contributed by atoms with van der Waals surface area (Å²) in [5.74, 6) is 1.00. The molecular formula is C23H31N5O3. The van der Waals surface area contributed by atoms with Crippen LogP contribution >= 0.6 is 0 Å². The van der Waals surface area contributed by atoms with Gasteiger partial charge in [0, 0.05) is 42.4 Å². The molecule has 8 heteroatoms. The summed E-state index contributed by atoms with van der Waals surface area (Å²) in [6.45, 7) is 9.22. The second kappa shape index (κ2) is 9.70. The summed E-state index contributed by atoms with van der Waals surface area (Å²) < 4.78 is 11.3. The first-order valence-electron chi connectivity index (χ1n) is 10.3. The van der Waals surface area contributed by atoms with Gasteiger partial charge in [0.25, 0.3) is 5.91 Å². The second-order valence-corrected chi connectivity index (χ2v) is 8.33. The molecule has 0 saturated carbocycles. The first kappa shape index (κ1) is 22.4. The van der Waals surface area contributed by atoms with Gasteiger partial charge in [-0.1, -0.05) is 12.6 Å². The third-order valence-corrected chi connectivity index (χ3v) is 5.02. The van der Waals surface area contributed by atoms with Crippen LogP contribution in [0, 0.1) is 0 Å². The molecule has 0 radical (unpaired) electrons. The number of nitrogens with one attached hydrogen (secondary N) is 2. The smallest absolute Gasteiger partial charge is 0.252 e. The van der Waals surface area contributed by atoms with Crippen LogP contribution in [0.2, 0.25) is 0 Å². The zero-order valence-electron chi connectivity index (χ0n) is 18.1. The van der Waals surface area contributed by atoms with Crippen LogP contribution < -0.4 is 26.8 Å². The molecule has 1 saturated heterocycles. The van der Waals surface area contributed by atoms with Gasteiger partial charge in [-0.25, -0.2) is 4.98 Å². The molecule has 0 unspecified atom stereocenters. The lowest BCUT2D eigenvalue weighted by atomic mass is 10.1. The number of hydrogen-bond donors (Lipinski definition) is 4. The van der Waals surface area contributed by atoms with E-state index in [2.05, 4.69) is 22.2 Å². The summed E-state index contributed by atoms with van der Waals surface area (Å²) in [5, 5.41) is 6.39. The molecule has 1 fully saturated rings. The normalized spacial score (nSPS) is 14.6. The van der Waals surface area contributed by atoms with Gasteiger partial charge in [0.1, 0.15) is 18.2 Å². The highest BCUT2D eigenvalue weighted by Gasteiger charge is 2.24. The molecule has 166 valence electrons. The van der Waals surface area contributed by atoms with Gasteiger partial charge in [-0.3, -0.25) is 4.79 Å². The molecule has 3 rings (SSSR count). The van der Waals surface area contributed by atoms with Crippen molar-refractivity contribution in [3.05, 3.63) is 54.2 Å². The van der Waals surface area contributed by atoms with Crippen molar-refractivity contribution < 1.29 is 14.3 Å². The van der Waals surface area contributed by atoms with E-state index in [1.807, 2.05) is 13.8 Å². The molecule has 8 nitrogen and oxygen atoms in total. The van der Waals surface area contributed by atoms with E-state index in [0.717, 1.165) is 26.1 Å². The molecule has 0 spiro atoms. The number of anilines is 2. The van der Waals surface area contributed by atoms with Gasteiger partial charge in [0.05, 0.1) is 11.1 Å². The van der Waals surface area contributed by atoms with Crippen LogP contribution in [-0.2, 0) is 4.74 Å². The van der Waals surface area contributed by atoms with Crippen LogP contribution in [0.25, 0.3) is 5.70 Å². The van der Waals surface area contributed by atoms with Crippen molar-refractivity contribution in [2.45, 2.75) is 38.3 Å². The molecule has 31 heavy (non-hydrogen) atoms. The Bertz CT molecular complexity index is 939. The summed E-state index contributed by atoms with van der Waals surface area (Å²) in [5.41, 5.74) is 13.1. The van der Waals surface area contributed by atoms with Crippen molar-refractivity contribution in [2.75, 3.05) is 30.9 Å². The van der Waals surface area contributed by atoms with E-state index < -0.39 is 5.54 Å². The van der Waals surface area contributed by atoms with Gasteiger partial charge in [-0.05, 0) is 51.0 Å². The maximum Gasteiger partial charge on any atom is 0.252 e. The number of carbonyl (C=O) groups is 1. The lowest BCUT2D eigenvalue weighted by molar-refractivity contribution is 0.0879. The number of rotatable bonds is 8. The minimum atomic E-state index is -0.646. The number of hydrogen-bond acceptors (Lipinski definition) is 7. The number of ether oxygens (including phenoxy) is 2. The molecule has 0 aliphatic carbocycles. The Labute approximate surface area is 183 Å². The number of aromatic nitrogens is 1. The van der Waals surface area contributed by atoms with Crippen molar-refractivity contribution >= 4 is 23.1 Å². The van der Waals surface area contributed by atoms with Crippen LogP contribution in [0.1, 0.15) is 42.6 Å². The zero-order valence-corrected chi connectivity index (χ0v) is 18.1. The Morgan fingerprint density at radius 2 is 2.06 bits per heavy atom. The molecule has 1 amide bonds. The monoisotopic (exact) mass is 425 g/mol. The highest BCUT2D eigenvalue weighted by molar-refractivity contribution is 5.95. The van der Waals surface area contributed by atoms with E-state index in [9.17, 15) is 4.79 Å². The lowest BCUT2D eigenvalue weighted by Gasteiger charge is -2.27. The molecule has 2 aromatic rings. The molecule has 1 aliphatic heterocycles. The van der Waals surface area contributed by atoms with Crippen LogP contribution in [-0.4, -0.2) is 42.3 Å². The van der Waals surface area contributed by atoms with Crippen LogP contribution in [0.3, 0.4) is 0 Å². The van der Waals surface area contributed by atoms with E-state index >= 15 is 0 Å². The van der Waals surface area contributed by atoms with Gasteiger partial charge in [0.2, 0.25) is 0 Å². The Kier molecular flexibility index (Phi) is 7.02. The Morgan fingerprint density at radius 3 is 2.77 bits per heavy atom. The highest BCUT2D eigenvalue weighted by atomic mass is 16.5. The fourth-order valence-electron chi connectivity index (χ4n) is 3.39. The van der Waals surface area contributed by atoms with Crippen molar-refractivity contribution in [3.63, 3.8) is 0 Å². The number of pyridine rings is 1.